The largest absolute Gasteiger partial charge is 0.494 e. The number of carbonyl (C=O) groups is 2. The molecule has 0 unspecified atom stereocenters. The highest BCUT2D eigenvalue weighted by Gasteiger charge is 2.41. The Bertz CT molecular complexity index is 950. The minimum absolute atomic E-state index is 0.226. The zero-order valence-electron chi connectivity index (χ0n) is 17.2. The zero-order chi connectivity index (χ0) is 21.1. The number of nitrogens with zero attached hydrogens (tertiary/aromatic N) is 5. The van der Waals surface area contributed by atoms with E-state index < -0.39 is 0 Å². The minimum Gasteiger partial charge on any atom is -0.494 e. The van der Waals surface area contributed by atoms with Gasteiger partial charge in [-0.1, -0.05) is 12.1 Å². The van der Waals surface area contributed by atoms with Gasteiger partial charge in [-0.05, 0) is 37.6 Å². The minimum atomic E-state index is -0.240. The number of ether oxygens (including phenoxy) is 1. The van der Waals surface area contributed by atoms with Crippen LogP contribution in [0.4, 0.5) is 5.95 Å². The van der Waals surface area contributed by atoms with Crippen LogP contribution in [0.25, 0.3) is 5.57 Å². The molecule has 8 heteroatoms. The van der Waals surface area contributed by atoms with E-state index in [-0.39, 0.29) is 11.8 Å². The molecule has 0 aliphatic carbocycles. The lowest BCUT2D eigenvalue weighted by atomic mass is 10.0. The van der Waals surface area contributed by atoms with Crippen molar-refractivity contribution in [2.45, 2.75) is 13.8 Å². The molecule has 0 atom stereocenters. The summed E-state index contributed by atoms with van der Waals surface area (Å²) in [5, 5.41) is 0. The molecule has 2 amide bonds. The second-order valence-electron chi connectivity index (χ2n) is 7.06. The quantitative estimate of drug-likeness (QED) is 0.676. The number of benzene rings is 1. The van der Waals surface area contributed by atoms with Crippen LogP contribution in [0, 0.1) is 0 Å². The molecule has 4 rings (SSSR count). The van der Waals surface area contributed by atoms with Gasteiger partial charge >= 0.3 is 0 Å². The molecule has 8 nitrogen and oxygen atoms in total. The van der Waals surface area contributed by atoms with E-state index in [9.17, 15) is 9.59 Å². The number of hydrogen-bond acceptors (Lipinski definition) is 7. The third kappa shape index (κ3) is 3.60. The maximum absolute atomic E-state index is 13.1. The third-order valence-electron chi connectivity index (χ3n) is 5.34. The molecule has 1 aromatic carbocycles. The molecule has 1 saturated heterocycles. The predicted octanol–water partition coefficient (Wildman–Crippen LogP) is 1.80. The number of rotatable bonds is 6. The lowest BCUT2D eigenvalue weighted by Crippen LogP contribution is -2.48. The lowest BCUT2D eigenvalue weighted by Gasteiger charge is -2.36. The maximum atomic E-state index is 13.1. The average Bonchev–Trinajstić information content (AvgIpc) is 3.04. The summed E-state index contributed by atoms with van der Waals surface area (Å²) in [5.41, 5.74) is 1.69. The van der Waals surface area contributed by atoms with Gasteiger partial charge in [0.1, 0.15) is 11.4 Å². The molecule has 2 aliphatic rings. The Labute approximate surface area is 175 Å². The second-order valence-corrected chi connectivity index (χ2v) is 7.06. The summed E-state index contributed by atoms with van der Waals surface area (Å²) in [6.07, 6.45) is 3.44. The second kappa shape index (κ2) is 8.52. The highest BCUT2D eigenvalue weighted by Crippen LogP contribution is 2.33. The Hall–Kier alpha value is -3.42. The fraction of sp³-hybridized carbons (Fsp3) is 0.364. The van der Waals surface area contributed by atoms with E-state index in [0.717, 1.165) is 11.3 Å². The molecule has 3 heterocycles. The number of anilines is 1. The van der Waals surface area contributed by atoms with Gasteiger partial charge in [-0.3, -0.25) is 14.5 Å². The van der Waals surface area contributed by atoms with Crippen molar-refractivity contribution in [3.05, 3.63) is 54.0 Å². The van der Waals surface area contributed by atoms with Crippen LogP contribution in [0.1, 0.15) is 19.4 Å². The standard InChI is InChI=1S/C22H25N5O3/c1-3-27-20(28)18(16-6-8-17(9-7-16)30-4-2)19(21(27)29)25-12-14-26(15-13-25)22-23-10-5-11-24-22/h5-11H,3-4,12-15H2,1-2H3. The first-order valence-corrected chi connectivity index (χ1v) is 10.2. The third-order valence-corrected chi connectivity index (χ3v) is 5.34. The average molecular weight is 407 g/mol. The summed E-state index contributed by atoms with van der Waals surface area (Å²) in [6.45, 7) is 7.25. The van der Waals surface area contributed by atoms with Crippen LogP contribution in [0.15, 0.2) is 48.4 Å². The maximum Gasteiger partial charge on any atom is 0.277 e. The molecule has 1 aromatic heterocycles. The topological polar surface area (TPSA) is 78.9 Å². The van der Waals surface area contributed by atoms with Crippen molar-refractivity contribution < 1.29 is 14.3 Å². The van der Waals surface area contributed by atoms with Gasteiger partial charge in [0, 0.05) is 45.1 Å². The van der Waals surface area contributed by atoms with Crippen molar-refractivity contribution >= 4 is 23.3 Å². The highest BCUT2D eigenvalue weighted by molar-refractivity contribution is 6.35. The van der Waals surface area contributed by atoms with Crippen molar-refractivity contribution in [3.8, 4) is 5.75 Å². The van der Waals surface area contributed by atoms with E-state index in [4.69, 9.17) is 4.74 Å². The summed E-state index contributed by atoms with van der Waals surface area (Å²) in [7, 11) is 0. The van der Waals surface area contributed by atoms with Gasteiger partial charge in [0.15, 0.2) is 0 Å². The van der Waals surface area contributed by atoms with Crippen molar-refractivity contribution in [1.82, 2.24) is 19.8 Å². The van der Waals surface area contributed by atoms with Crippen LogP contribution in [-0.4, -0.2) is 70.9 Å². The van der Waals surface area contributed by atoms with Crippen LogP contribution in [-0.2, 0) is 9.59 Å². The fourth-order valence-electron chi connectivity index (χ4n) is 3.87. The number of aromatic nitrogens is 2. The Balaban J connectivity index is 1.62. The normalized spacial score (nSPS) is 17.2. The van der Waals surface area contributed by atoms with Gasteiger partial charge < -0.3 is 14.5 Å². The fourth-order valence-corrected chi connectivity index (χ4v) is 3.87. The molecule has 2 aromatic rings. The lowest BCUT2D eigenvalue weighted by molar-refractivity contribution is -0.137. The van der Waals surface area contributed by atoms with Gasteiger partial charge in [-0.15, -0.1) is 0 Å². The van der Waals surface area contributed by atoms with Gasteiger partial charge in [0.25, 0.3) is 11.8 Å². The Morgan fingerprint density at radius 1 is 0.900 bits per heavy atom. The Kier molecular flexibility index (Phi) is 5.65. The van der Waals surface area contributed by atoms with E-state index in [1.807, 2.05) is 43.0 Å². The van der Waals surface area contributed by atoms with E-state index >= 15 is 0 Å². The Morgan fingerprint density at radius 3 is 2.13 bits per heavy atom. The number of amides is 2. The van der Waals surface area contributed by atoms with Crippen LogP contribution < -0.4 is 9.64 Å². The SMILES string of the molecule is CCOc1ccc(C2=C(N3CCN(c4ncccn4)CC3)C(=O)N(CC)C2=O)cc1. The van der Waals surface area contributed by atoms with Crippen molar-refractivity contribution in [2.24, 2.45) is 0 Å². The predicted molar refractivity (Wildman–Crippen MR) is 113 cm³/mol. The van der Waals surface area contributed by atoms with E-state index in [0.29, 0.717) is 56.5 Å². The molecule has 0 bridgehead atoms. The van der Waals surface area contributed by atoms with E-state index in [1.165, 1.54) is 4.90 Å². The first-order chi connectivity index (χ1) is 14.6. The van der Waals surface area contributed by atoms with Gasteiger partial charge in [-0.25, -0.2) is 9.97 Å². The van der Waals surface area contributed by atoms with Crippen LogP contribution >= 0.6 is 0 Å². The zero-order valence-corrected chi connectivity index (χ0v) is 17.2. The van der Waals surface area contributed by atoms with Crippen LogP contribution in [0.3, 0.4) is 0 Å². The van der Waals surface area contributed by atoms with Crippen LogP contribution in [0.5, 0.6) is 5.75 Å². The smallest absolute Gasteiger partial charge is 0.277 e. The molecular formula is C22H25N5O3. The highest BCUT2D eigenvalue weighted by atomic mass is 16.5. The van der Waals surface area contributed by atoms with E-state index in [1.54, 1.807) is 18.5 Å². The number of hydrogen-bond donors (Lipinski definition) is 0. The number of likely N-dealkylation sites (N-methyl/N-ethyl adjacent to an activating group) is 1. The first kappa shape index (κ1) is 19.9. The molecule has 0 radical (unpaired) electrons. The molecule has 1 fully saturated rings. The summed E-state index contributed by atoms with van der Waals surface area (Å²) in [6, 6.07) is 9.15. The molecule has 0 saturated carbocycles. The van der Waals surface area contributed by atoms with Gasteiger partial charge in [0.2, 0.25) is 5.95 Å². The number of carbonyl (C=O) groups excluding carboxylic acids is 2. The number of imide groups is 1. The van der Waals surface area contributed by atoms with Gasteiger partial charge in [0.05, 0.1) is 12.2 Å². The van der Waals surface area contributed by atoms with Crippen molar-refractivity contribution in [2.75, 3.05) is 44.2 Å². The van der Waals surface area contributed by atoms with Gasteiger partial charge in [-0.2, -0.15) is 0 Å². The summed E-state index contributed by atoms with van der Waals surface area (Å²) in [5.74, 6) is 0.956. The van der Waals surface area contributed by atoms with Crippen molar-refractivity contribution in [3.63, 3.8) is 0 Å². The Morgan fingerprint density at radius 2 is 1.53 bits per heavy atom. The number of piperazine rings is 1. The van der Waals surface area contributed by atoms with E-state index in [2.05, 4.69) is 14.9 Å². The molecular weight excluding hydrogens is 382 g/mol. The molecule has 0 N–H and O–H groups in total. The molecule has 0 spiro atoms. The summed E-state index contributed by atoms with van der Waals surface area (Å²) < 4.78 is 5.50. The summed E-state index contributed by atoms with van der Waals surface area (Å²) >= 11 is 0. The van der Waals surface area contributed by atoms with Crippen LogP contribution in [0.2, 0.25) is 0 Å². The molecule has 30 heavy (non-hydrogen) atoms. The summed E-state index contributed by atoms with van der Waals surface area (Å²) in [4.78, 5) is 40.2. The van der Waals surface area contributed by atoms with Crippen molar-refractivity contribution in [1.29, 1.82) is 0 Å². The molecule has 2 aliphatic heterocycles. The monoisotopic (exact) mass is 407 g/mol. The molecule has 156 valence electrons. The first-order valence-electron chi connectivity index (χ1n) is 10.2.